The Morgan fingerprint density at radius 1 is 1.00 bits per heavy atom. The van der Waals surface area contributed by atoms with Crippen LogP contribution in [0.4, 0.5) is 0 Å². The topological polar surface area (TPSA) is 0 Å². The molecular weight excluding hydrogens is 96.4 g/mol. The van der Waals surface area contributed by atoms with Gasteiger partial charge in [-0.1, -0.05) is 0 Å². The van der Waals surface area contributed by atoms with Crippen LogP contribution in [0.5, 0.6) is 0 Å². The zero-order valence-electron chi connectivity index (χ0n) is 5.12. The molecule has 36 valence electrons. The Bertz CT molecular complexity index is 54.2. The van der Waals surface area contributed by atoms with Crippen LogP contribution in [0.25, 0.3) is 0 Å². The molecule has 0 unspecified atom stereocenters. The first-order chi connectivity index (χ1) is 2.64. The van der Waals surface area contributed by atoms with Gasteiger partial charge in [-0.05, 0) is 0 Å². The van der Waals surface area contributed by atoms with Gasteiger partial charge in [0, 0.05) is 0 Å². The second-order valence-electron chi connectivity index (χ2n) is 1.56. The Hall–Kier alpha value is 0.246. The molecule has 0 radical (unpaired) electrons. The first-order valence-corrected chi connectivity index (χ1v) is 1.96. The van der Waals surface area contributed by atoms with Crippen molar-refractivity contribution in [2.45, 2.75) is 13.8 Å². The van der Waals surface area contributed by atoms with Gasteiger partial charge in [-0.3, -0.25) is 0 Å². The smallest absolute Gasteiger partial charge is 0.367 e. The third-order valence-electron chi connectivity index (χ3n) is 0.729. The van der Waals surface area contributed by atoms with E-state index in [1.165, 1.54) is 0 Å². The summed E-state index contributed by atoms with van der Waals surface area (Å²) in [6, 6.07) is 0. The van der Waals surface area contributed by atoms with Gasteiger partial charge in [0.05, 0.1) is 0 Å². The van der Waals surface area contributed by atoms with Gasteiger partial charge in [-0.2, -0.15) is 0 Å². The Kier molecular flexibility index (Phi) is 6.47. The van der Waals surface area contributed by atoms with Crippen molar-refractivity contribution in [3.05, 3.63) is 25.0 Å². The van der Waals surface area contributed by atoms with Gasteiger partial charge in [0.1, 0.15) is 0 Å². The zero-order valence-corrected chi connectivity index (χ0v) is 6.54. The molecule has 0 atom stereocenters. The average Bonchev–Trinajstić information content (AvgIpc) is 1.36. The number of rotatable bonds is 0. The molecule has 0 spiro atoms. The second kappa shape index (κ2) is 4.41. The molecule has 7 heavy (non-hydrogen) atoms. The summed E-state index contributed by atoms with van der Waals surface area (Å²) in [7, 11) is 0. The van der Waals surface area contributed by atoms with E-state index in [2.05, 4.69) is 13.8 Å². The zero-order chi connectivity index (χ0) is 5.15. The molecule has 0 aliphatic carbocycles. The minimum Gasteiger partial charge on any atom is -0.367 e. The van der Waals surface area contributed by atoms with Crippen molar-refractivity contribution in [1.29, 1.82) is 0 Å². The van der Waals surface area contributed by atoms with Gasteiger partial charge in [0.15, 0.2) is 0 Å². The van der Waals surface area contributed by atoms with Crippen LogP contribution in [-0.4, -0.2) is 23.1 Å². The van der Waals surface area contributed by atoms with Crippen LogP contribution in [0.3, 0.4) is 0 Å². The molecule has 0 saturated heterocycles. The van der Waals surface area contributed by atoms with E-state index in [0.717, 1.165) is 11.1 Å². The summed E-state index contributed by atoms with van der Waals surface area (Å²) in [4.78, 5) is 0. The summed E-state index contributed by atoms with van der Waals surface area (Å²) in [5.41, 5.74) is 2.13. The van der Waals surface area contributed by atoms with Crippen LogP contribution in [0.15, 0.2) is 11.1 Å². The van der Waals surface area contributed by atoms with Gasteiger partial charge in [-0.25, -0.2) is 0 Å². The molecule has 0 heterocycles. The molecule has 0 amide bonds. The van der Waals surface area contributed by atoms with Crippen molar-refractivity contribution in [2.24, 2.45) is 0 Å². The first-order valence-electron chi connectivity index (χ1n) is 1.96. The predicted octanol–water partition coefficient (Wildman–Crippen LogP) is 1.61. The first kappa shape index (κ1) is 10.3. The second-order valence-corrected chi connectivity index (χ2v) is 1.56. The maximum atomic E-state index is 3.66. The molecule has 0 fully saturated rings. The summed E-state index contributed by atoms with van der Waals surface area (Å²) >= 11 is 0. The van der Waals surface area contributed by atoms with Crippen LogP contribution in [0.1, 0.15) is 13.8 Å². The maximum Gasteiger partial charge on any atom is 2.00 e. The molecule has 0 aromatic carbocycles. The fourth-order valence-corrected chi connectivity index (χ4v) is 0. The molecule has 0 aliphatic heterocycles. The summed E-state index contributed by atoms with van der Waals surface area (Å²) in [5.74, 6) is 0. The number of allylic oxidation sites excluding steroid dienone is 2. The minimum absolute atomic E-state index is 0. The molecule has 0 rings (SSSR count). The van der Waals surface area contributed by atoms with E-state index in [9.17, 15) is 0 Å². The van der Waals surface area contributed by atoms with Crippen molar-refractivity contribution in [1.82, 2.24) is 0 Å². The SMILES string of the molecule is [CH2-]/C(C)=C(\[CH2-])C.[Mg+2]. The normalized spacial score (nSPS) is 11.7. The minimum atomic E-state index is 0. The summed E-state index contributed by atoms with van der Waals surface area (Å²) in [6.07, 6.45) is 0. The van der Waals surface area contributed by atoms with Gasteiger partial charge in [0.2, 0.25) is 0 Å². The molecule has 0 nitrogen and oxygen atoms in total. The Labute approximate surface area is 62.1 Å². The molecule has 0 aromatic rings. The van der Waals surface area contributed by atoms with Crippen LogP contribution in [-0.2, 0) is 0 Å². The molecule has 0 aliphatic rings. The van der Waals surface area contributed by atoms with Crippen molar-refractivity contribution < 1.29 is 0 Å². The number of hydrogen-bond donors (Lipinski definition) is 0. The predicted molar refractivity (Wildman–Crippen MR) is 34.8 cm³/mol. The Morgan fingerprint density at radius 2 is 1.14 bits per heavy atom. The standard InChI is InChI=1S/C6H10.Mg/c1-5(2)6(3)4;/h1,3H2,2,4H3;/q-2;+2/b6-5-;. The molecular formula is C6H10Mg. The van der Waals surface area contributed by atoms with E-state index in [0.29, 0.717) is 0 Å². The van der Waals surface area contributed by atoms with Crippen molar-refractivity contribution in [3.63, 3.8) is 0 Å². The van der Waals surface area contributed by atoms with Gasteiger partial charge in [0.25, 0.3) is 0 Å². The molecule has 0 bridgehead atoms. The monoisotopic (exact) mass is 106 g/mol. The third kappa shape index (κ3) is 6.25. The number of hydrogen-bond acceptors (Lipinski definition) is 0. The van der Waals surface area contributed by atoms with E-state index in [-0.39, 0.29) is 23.1 Å². The average molecular weight is 106 g/mol. The van der Waals surface area contributed by atoms with Gasteiger partial charge in [-0.15, -0.1) is 13.8 Å². The molecule has 0 N–H and O–H groups in total. The van der Waals surface area contributed by atoms with E-state index in [1.54, 1.807) is 0 Å². The fraction of sp³-hybridized carbons (Fsp3) is 0.333. The molecule has 1 heteroatoms. The van der Waals surface area contributed by atoms with Crippen molar-refractivity contribution in [3.8, 4) is 0 Å². The molecule has 0 saturated carbocycles. The summed E-state index contributed by atoms with van der Waals surface area (Å²) in [5, 5.41) is 0. The van der Waals surface area contributed by atoms with Crippen LogP contribution in [0, 0.1) is 13.8 Å². The van der Waals surface area contributed by atoms with Crippen molar-refractivity contribution in [2.75, 3.05) is 0 Å². The third-order valence-corrected chi connectivity index (χ3v) is 0.729. The quantitative estimate of drug-likeness (QED) is 0.325. The Morgan fingerprint density at radius 3 is 1.14 bits per heavy atom. The van der Waals surface area contributed by atoms with E-state index in [4.69, 9.17) is 0 Å². The summed E-state index contributed by atoms with van der Waals surface area (Å²) in [6.45, 7) is 11.2. The van der Waals surface area contributed by atoms with Crippen molar-refractivity contribution >= 4 is 23.1 Å². The van der Waals surface area contributed by atoms with Crippen LogP contribution >= 0.6 is 0 Å². The largest absolute Gasteiger partial charge is 2.00 e. The van der Waals surface area contributed by atoms with E-state index < -0.39 is 0 Å². The van der Waals surface area contributed by atoms with Crippen LogP contribution < -0.4 is 0 Å². The Balaban J connectivity index is 0. The maximum absolute atomic E-state index is 3.66. The van der Waals surface area contributed by atoms with Gasteiger partial charge < -0.3 is 25.0 Å². The van der Waals surface area contributed by atoms with Gasteiger partial charge >= 0.3 is 23.1 Å². The fourth-order valence-electron chi connectivity index (χ4n) is 0. The van der Waals surface area contributed by atoms with E-state index >= 15 is 0 Å². The van der Waals surface area contributed by atoms with E-state index in [1.807, 2.05) is 13.8 Å². The van der Waals surface area contributed by atoms with Crippen LogP contribution in [0.2, 0.25) is 0 Å². The summed E-state index contributed by atoms with van der Waals surface area (Å²) < 4.78 is 0. The molecule has 0 aromatic heterocycles.